The van der Waals surface area contributed by atoms with E-state index >= 15 is 0 Å². The van der Waals surface area contributed by atoms with Crippen LogP contribution >= 0.6 is 0 Å². The van der Waals surface area contributed by atoms with E-state index < -0.39 is 5.60 Å². The predicted octanol–water partition coefficient (Wildman–Crippen LogP) is 2.15. The number of ether oxygens (including phenoxy) is 1. The molecule has 0 bridgehead atoms. The maximum atomic E-state index is 11.5. The highest BCUT2D eigenvalue weighted by molar-refractivity contribution is 5.67. The third-order valence-corrected chi connectivity index (χ3v) is 3.17. The van der Waals surface area contributed by atoms with Gasteiger partial charge in [0.05, 0.1) is 0 Å². The van der Waals surface area contributed by atoms with Gasteiger partial charge in [0.1, 0.15) is 5.60 Å². The van der Waals surface area contributed by atoms with Gasteiger partial charge >= 0.3 is 6.09 Å². The van der Waals surface area contributed by atoms with Gasteiger partial charge in [-0.3, -0.25) is 0 Å². The number of alkyl carbamates (subject to hydrolysis) is 1. The second-order valence-corrected chi connectivity index (χ2v) is 6.17. The minimum absolute atomic E-state index is 0.316. The monoisotopic (exact) mass is 242 g/mol. The molecule has 1 amide bonds. The molecule has 100 valence electrons. The molecule has 1 aliphatic heterocycles. The van der Waals surface area contributed by atoms with Gasteiger partial charge < -0.3 is 15.4 Å². The Balaban J connectivity index is 2.28. The van der Waals surface area contributed by atoms with Crippen molar-refractivity contribution in [3.8, 4) is 0 Å². The highest BCUT2D eigenvalue weighted by atomic mass is 16.6. The number of rotatable bonds is 2. The van der Waals surface area contributed by atoms with Gasteiger partial charge in [-0.25, -0.2) is 4.79 Å². The molecule has 0 aromatic heterocycles. The summed E-state index contributed by atoms with van der Waals surface area (Å²) in [4.78, 5) is 11.5. The topological polar surface area (TPSA) is 50.4 Å². The molecule has 0 unspecified atom stereocenters. The van der Waals surface area contributed by atoms with Gasteiger partial charge in [-0.05, 0) is 46.0 Å². The lowest BCUT2D eigenvalue weighted by Gasteiger charge is -2.33. The van der Waals surface area contributed by atoms with Crippen LogP contribution in [0.15, 0.2) is 0 Å². The lowest BCUT2D eigenvalue weighted by molar-refractivity contribution is 0.0508. The third kappa shape index (κ3) is 5.39. The van der Waals surface area contributed by atoms with Gasteiger partial charge in [0.15, 0.2) is 0 Å². The lowest BCUT2D eigenvalue weighted by Crippen LogP contribution is -2.46. The highest BCUT2D eigenvalue weighted by Crippen LogP contribution is 2.21. The van der Waals surface area contributed by atoms with E-state index in [1.807, 2.05) is 20.8 Å². The standard InChI is InChI=1S/C13H26N2O2/c1-9-6-10(2)14-7-11(9)8-15-12(16)17-13(3,4)5/h9-11,14H,6-8H2,1-5H3,(H,15,16)/t9-,10+,11+/m0/s1. The van der Waals surface area contributed by atoms with Crippen molar-refractivity contribution in [3.05, 3.63) is 0 Å². The molecule has 0 aliphatic carbocycles. The molecule has 4 nitrogen and oxygen atoms in total. The van der Waals surface area contributed by atoms with Crippen molar-refractivity contribution >= 4 is 6.09 Å². The molecule has 0 aromatic rings. The first-order valence-electron chi connectivity index (χ1n) is 6.48. The average molecular weight is 242 g/mol. The number of hydrogen-bond acceptors (Lipinski definition) is 3. The zero-order valence-electron chi connectivity index (χ0n) is 11.7. The van der Waals surface area contributed by atoms with Gasteiger partial charge in [0.2, 0.25) is 0 Å². The van der Waals surface area contributed by atoms with E-state index in [0.29, 0.717) is 24.4 Å². The predicted molar refractivity (Wildman–Crippen MR) is 69.0 cm³/mol. The van der Waals surface area contributed by atoms with Gasteiger partial charge in [-0.2, -0.15) is 0 Å². The first-order chi connectivity index (χ1) is 7.78. The molecular formula is C13H26N2O2. The van der Waals surface area contributed by atoms with E-state index in [2.05, 4.69) is 24.5 Å². The van der Waals surface area contributed by atoms with Crippen molar-refractivity contribution in [1.29, 1.82) is 0 Å². The van der Waals surface area contributed by atoms with Crippen molar-refractivity contribution in [2.75, 3.05) is 13.1 Å². The number of nitrogens with one attached hydrogen (secondary N) is 2. The van der Waals surface area contributed by atoms with Crippen molar-refractivity contribution in [2.45, 2.75) is 52.7 Å². The van der Waals surface area contributed by atoms with Crippen LogP contribution in [0.1, 0.15) is 41.0 Å². The SMILES string of the molecule is C[C@@H]1C[C@H](C)[C@@H](CNC(=O)OC(C)(C)C)CN1. The van der Waals surface area contributed by atoms with Crippen molar-refractivity contribution < 1.29 is 9.53 Å². The van der Waals surface area contributed by atoms with Crippen LogP contribution in [0, 0.1) is 11.8 Å². The van der Waals surface area contributed by atoms with Gasteiger partial charge in [0.25, 0.3) is 0 Å². The number of amides is 1. The van der Waals surface area contributed by atoms with Crippen LogP contribution in [-0.2, 0) is 4.74 Å². The fourth-order valence-corrected chi connectivity index (χ4v) is 2.19. The van der Waals surface area contributed by atoms with Gasteiger partial charge in [-0.1, -0.05) is 6.92 Å². The Bertz CT molecular complexity index is 261. The lowest BCUT2D eigenvalue weighted by atomic mass is 9.85. The summed E-state index contributed by atoms with van der Waals surface area (Å²) in [5.74, 6) is 1.14. The molecule has 0 spiro atoms. The van der Waals surface area contributed by atoms with E-state index in [9.17, 15) is 4.79 Å². The molecule has 0 aromatic carbocycles. The van der Waals surface area contributed by atoms with Crippen LogP contribution in [0.2, 0.25) is 0 Å². The summed E-state index contributed by atoms with van der Waals surface area (Å²) in [6.07, 6.45) is 0.851. The third-order valence-electron chi connectivity index (χ3n) is 3.17. The Morgan fingerprint density at radius 2 is 2.06 bits per heavy atom. The zero-order valence-corrected chi connectivity index (χ0v) is 11.7. The molecule has 1 fully saturated rings. The Kier molecular flexibility index (Phi) is 4.80. The van der Waals surface area contributed by atoms with Crippen LogP contribution in [0.3, 0.4) is 0 Å². The largest absolute Gasteiger partial charge is 0.444 e. The number of carbonyl (C=O) groups excluding carboxylic acids is 1. The summed E-state index contributed by atoms with van der Waals surface area (Å²) < 4.78 is 5.21. The first kappa shape index (κ1) is 14.3. The second-order valence-electron chi connectivity index (χ2n) is 6.17. The summed E-state index contributed by atoms with van der Waals surface area (Å²) in [5, 5.41) is 6.30. The highest BCUT2D eigenvalue weighted by Gasteiger charge is 2.25. The summed E-state index contributed by atoms with van der Waals surface area (Å²) in [7, 11) is 0. The fraction of sp³-hybridized carbons (Fsp3) is 0.923. The normalized spacial score (nSPS) is 29.8. The fourth-order valence-electron chi connectivity index (χ4n) is 2.19. The minimum Gasteiger partial charge on any atom is -0.444 e. The van der Waals surface area contributed by atoms with Crippen LogP contribution in [0.25, 0.3) is 0 Å². The number of piperidine rings is 1. The Morgan fingerprint density at radius 3 is 2.59 bits per heavy atom. The number of carbonyl (C=O) groups is 1. The van der Waals surface area contributed by atoms with E-state index in [0.717, 1.165) is 6.54 Å². The van der Waals surface area contributed by atoms with Crippen molar-refractivity contribution in [3.63, 3.8) is 0 Å². The van der Waals surface area contributed by atoms with Crippen LogP contribution < -0.4 is 10.6 Å². The zero-order chi connectivity index (χ0) is 13.1. The first-order valence-corrected chi connectivity index (χ1v) is 6.48. The van der Waals surface area contributed by atoms with Gasteiger partial charge in [-0.15, -0.1) is 0 Å². The summed E-state index contributed by atoms with van der Waals surface area (Å²) in [6, 6.07) is 0.586. The van der Waals surface area contributed by atoms with E-state index in [-0.39, 0.29) is 6.09 Å². The molecule has 1 saturated heterocycles. The molecule has 1 heterocycles. The number of hydrogen-bond donors (Lipinski definition) is 2. The van der Waals surface area contributed by atoms with Gasteiger partial charge in [0, 0.05) is 19.1 Å². The van der Waals surface area contributed by atoms with Crippen molar-refractivity contribution in [2.24, 2.45) is 11.8 Å². The molecule has 17 heavy (non-hydrogen) atoms. The van der Waals surface area contributed by atoms with E-state index in [4.69, 9.17) is 4.74 Å². The summed E-state index contributed by atoms with van der Waals surface area (Å²) >= 11 is 0. The molecule has 1 rings (SSSR count). The average Bonchev–Trinajstić information content (AvgIpc) is 2.13. The summed E-state index contributed by atoms with van der Waals surface area (Å²) in [5.41, 5.74) is -0.422. The van der Waals surface area contributed by atoms with E-state index in [1.165, 1.54) is 6.42 Å². The quantitative estimate of drug-likeness (QED) is 0.780. The smallest absolute Gasteiger partial charge is 0.407 e. The van der Waals surface area contributed by atoms with Crippen molar-refractivity contribution in [1.82, 2.24) is 10.6 Å². The molecule has 2 N–H and O–H groups in total. The molecule has 3 atom stereocenters. The van der Waals surface area contributed by atoms with Crippen LogP contribution in [0.5, 0.6) is 0 Å². The maximum absolute atomic E-state index is 11.5. The maximum Gasteiger partial charge on any atom is 0.407 e. The Hall–Kier alpha value is -0.770. The minimum atomic E-state index is -0.422. The molecule has 1 aliphatic rings. The second kappa shape index (κ2) is 5.71. The molecule has 0 radical (unpaired) electrons. The molecule has 4 heteroatoms. The van der Waals surface area contributed by atoms with Crippen LogP contribution in [-0.4, -0.2) is 30.8 Å². The molecular weight excluding hydrogens is 216 g/mol. The summed E-state index contributed by atoms with van der Waals surface area (Å²) in [6.45, 7) is 11.7. The molecule has 0 saturated carbocycles. The Labute approximate surface area is 104 Å². The van der Waals surface area contributed by atoms with E-state index in [1.54, 1.807) is 0 Å². The Morgan fingerprint density at radius 1 is 1.41 bits per heavy atom. The van der Waals surface area contributed by atoms with Crippen LogP contribution in [0.4, 0.5) is 4.79 Å².